The molecule has 0 aliphatic heterocycles. The average Bonchev–Trinajstić information content (AvgIpc) is 3.52. The van der Waals surface area contributed by atoms with Crippen molar-refractivity contribution in [3.05, 3.63) is 132 Å². The molecule has 5 aromatic rings. The highest BCUT2D eigenvalue weighted by Gasteiger charge is 2.42. The fourth-order valence-electron chi connectivity index (χ4n) is 9.67. The van der Waals surface area contributed by atoms with Crippen molar-refractivity contribution in [1.82, 2.24) is 0 Å². The van der Waals surface area contributed by atoms with Gasteiger partial charge in [-0.3, -0.25) is 0 Å². The number of fused-ring (bicyclic) bond motifs is 3. The molecular formula is C55H71N. The first kappa shape index (κ1) is 41.5. The molecule has 1 aliphatic carbocycles. The summed E-state index contributed by atoms with van der Waals surface area (Å²) in [5.74, 6) is 0. The van der Waals surface area contributed by atoms with Gasteiger partial charge in [0.2, 0.25) is 0 Å². The molecule has 0 bridgehead atoms. The molecule has 1 heteroatoms. The van der Waals surface area contributed by atoms with Gasteiger partial charge in [-0.05, 0) is 137 Å². The first-order valence-corrected chi connectivity index (χ1v) is 22.6. The van der Waals surface area contributed by atoms with Crippen molar-refractivity contribution in [2.75, 3.05) is 4.90 Å². The van der Waals surface area contributed by atoms with Gasteiger partial charge >= 0.3 is 0 Å². The average molecular weight is 746 g/mol. The Labute approximate surface area is 342 Å². The maximum Gasteiger partial charge on any atom is 0.0418 e. The van der Waals surface area contributed by atoms with Crippen LogP contribution in [-0.4, -0.2) is 5.54 Å². The molecule has 0 N–H and O–H groups in total. The van der Waals surface area contributed by atoms with E-state index in [9.17, 15) is 0 Å². The summed E-state index contributed by atoms with van der Waals surface area (Å²) < 4.78 is 0. The predicted octanol–water partition coefficient (Wildman–Crippen LogP) is 17.0. The van der Waals surface area contributed by atoms with Gasteiger partial charge in [-0.15, -0.1) is 0 Å². The Kier molecular flexibility index (Phi) is 13.7. The van der Waals surface area contributed by atoms with E-state index < -0.39 is 0 Å². The molecule has 1 nitrogen and oxygen atoms in total. The lowest BCUT2D eigenvalue weighted by Gasteiger charge is -2.42. The maximum atomic E-state index is 2.61. The van der Waals surface area contributed by atoms with Crippen molar-refractivity contribution >= 4 is 11.4 Å². The second kappa shape index (κ2) is 18.4. The summed E-state index contributed by atoms with van der Waals surface area (Å²) in [5, 5.41) is 0. The molecule has 296 valence electrons. The van der Waals surface area contributed by atoms with E-state index in [1.165, 1.54) is 115 Å². The normalized spacial score (nSPS) is 13.4. The molecule has 0 heterocycles. The predicted molar refractivity (Wildman–Crippen MR) is 247 cm³/mol. The highest BCUT2D eigenvalue weighted by atomic mass is 15.2. The molecular weight excluding hydrogens is 675 g/mol. The highest BCUT2D eigenvalue weighted by molar-refractivity contribution is 5.86. The first-order valence-electron chi connectivity index (χ1n) is 22.6. The number of para-hydroxylation sites is 1. The molecule has 0 atom stereocenters. The number of unbranched alkanes of at least 4 members (excludes halogenated alkanes) is 6. The quantitative estimate of drug-likeness (QED) is 0.0717. The van der Waals surface area contributed by atoms with Crippen molar-refractivity contribution in [2.45, 2.75) is 162 Å². The number of nitrogens with zero attached hydrogens (tertiary/aromatic N) is 1. The Morgan fingerprint density at radius 3 is 1.34 bits per heavy atom. The van der Waals surface area contributed by atoms with Crippen LogP contribution in [0.2, 0.25) is 0 Å². The Morgan fingerprint density at radius 2 is 0.893 bits per heavy atom. The number of benzene rings is 5. The lowest BCUT2D eigenvalue weighted by atomic mass is 9.70. The van der Waals surface area contributed by atoms with Gasteiger partial charge < -0.3 is 4.90 Å². The molecule has 1 aliphatic rings. The van der Waals surface area contributed by atoms with Gasteiger partial charge in [0.15, 0.2) is 0 Å². The Hall–Kier alpha value is -4.10. The minimum absolute atomic E-state index is 0.0230. The molecule has 5 aromatic carbocycles. The summed E-state index contributed by atoms with van der Waals surface area (Å²) in [5.41, 5.74) is 15.6. The zero-order valence-corrected chi connectivity index (χ0v) is 36.3. The fourth-order valence-corrected chi connectivity index (χ4v) is 9.67. The van der Waals surface area contributed by atoms with Crippen LogP contribution < -0.4 is 4.90 Å². The van der Waals surface area contributed by atoms with E-state index in [1.54, 1.807) is 11.1 Å². The molecule has 0 unspecified atom stereocenters. The van der Waals surface area contributed by atoms with Crippen molar-refractivity contribution in [3.8, 4) is 33.4 Å². The van der Waals surface area contributed by atoms with E-state index in [1.807, 2.05) is 0 Å². The van der Waals surface area contributed by atoms with Gasteiger partial charge in [0, 0.05) is 22.3 Å². The van der Waals surface area contributed by atoms with Crippen LogP contribution in [0.25, 0.3) is 33.4 Å². The number of hydrogen-bond donors (Lipinski definition) is 0. The largest absolute Gasteiger partial charge is 0.336 e. The molecule has 0 saturated carbocycles. The summed E-state index contributed by atoms with van der Waals surface area (Å²) >= 11 is 0. The van der Waals surface area contributed by atoms with E-state index in [4.69, 9.17) is 0 Å². The summed E-state index contributed by atoms with van der Waals surface area (Å²) in [6, 6.07) is 44.9. The summed E-state index contributed by atoms with van der Waals surface area (Å²) in [7, 11) is 0. The zero-order valence-electron chi connectivity index (χ0n) is 36.3. The van der Waals surface area contributed by atoms with E-state index in [0.717, 1.165) is 25.7 Å². The smallest absolute Gasteiger partial charge is 0.0418 e. The van der Waals surface area contributed by atoms with Crippen LogP contribution in [-0.2, 0) is 10.8 Å². The molecule has 0 spiro atoms. The first-order chi connectivity index (χ1) is 27.2. The lowest BCUT2D eigenvalue weighted by molar-refractivity contribution is 0.401. The van der Waals surface area contributed by atoms with E-state index in [0.29, 0.717) is 0 Å². The summed E-state index contributed by atoms with van der Waals surface area (Å²) in [6.07, 6.45) is 17.2. The number of hydrogen-bond acceptors (Lipinski definition) is 1. The Bertz CT molecular complexity index is 1960. The summed E-state index contributed by atoms with van der Waals surface area (Å²) in [4.78, 5) is 2.56. The molecule has 0 amide bonds. The molecule has 0 aromatic heterocycles. The third kappa shape index (κ3) is 8.30. The van der Waals surface area contributed by atoms with Gasteiger partial charge in [0.25, 0.3) is 0 Å². The van der Waals surface area contributed by atoms with Gasteiger partial charge in [-0.1, -0.05) is 179 Å². The molecule has 0 saturated heterocycles. The zero-order chi connectivity index (χ0) is 39.8. The van der Waals surface area contributed by atoms with Crippen molar-refractivity contribution in [2.24, 2.45) is 0 Å². The second-order valence-electron chi connectivity index (χ2n) is 17.5. The monoisotopic (exact) mass is 746 g/mol. The molecule has 6 rings (SSSR count). The SMILES string of the molecule is CCCCCCC1(CCCCCC)c2cc(-c3ccc(N(c4ccccc4)C(C)(CC)CC)cc3)ccc2-c2ccc(-c3ccc(C(C)(CC)CC)cc3)cc21. The van der Waals surface area contributed by atoms with E-state index in [2.05, 4.69) is 176 Å². The Morgan fingerprint density at radius 1 is 0.446 bits per heavy atom. The molecule has 0 radical (unpaired) electrons. The lowest BCUT2D eigenvalue weighted by Crippen LogP contribution is -2.42. The number of rotatable bonds is 20. The van der Waals surface area contributed by atoms with Crippen LogP contribution in [0.15, 0.2) is 115 Å². The third-order valence-corrected chi connectivity index (χ3v) is 14.3. The standard InChI is InChI=1S/C55H71N/c1-9-15-17-22-38-55(39-23-18-16-10-2)51-40-44(42-26-32-46(33-27-42)53(7,11-3)12-4)30-36-49(51)50-37-31-45(41-52(50)55)43-28-34-48(35-29-43)56(54(8,13-5)14-6)47-24-20-19-21-25-47/h19-21,24-37,40-41H,9-18,22-23,38-39H2,1-8H3. The van der Waals surface area contributed by atoms with Gasteiger partial charge in [0.1, 0.15) is 0 Å². The van der Waals surface area contributed by atoms with Crippen LogP contribution in [0, 0.1) is 0 Å². The van der Waals surface area contributed by atoms with Crippen molar-refractivity contribution in [1.29, 1.82) is 0 Å². The van der Waals surface area contributed by atoms with E-state index >= 15 is 0 Å². The maximum absolute atomic E-state index is 2.61. The van der Waals surface area contributed by atoms with Crippen molar-refractivity contribution in [3.63, 3.8) is 0 Å². The fraction of sp³-hybridized carbons (Fsp3) is 0.455. The van der Waals surface area contributed by atoms with Gasteiger partial charge in [-0.2, -0.15) is 0 Å². The minimum atomic E-state index is 0.0230. The topological polar surface area (TPSA) is 3.24 Å². The number of anilines is 2. The highest BCUT2D eigenvalue weighted by Crippen LogP contribution is 2.56. The van der Waals surface area contributed by atoms with Crippen LogP contribution in [0.3, 0.4) is 0 Å². The van der Waals surface area contributed by atoms with Crippen LogP contribution in [0.5, 0.6) is 0 Å². The van der Waals surface area contributed by atoms with Crippen LogP contribution in [0.4, 0.5) is 11.4 Å². The van der Waals surface area contributed by atoms with Crippen LogP contribution >= 0.6 is 0 Å². The second-order valence-corrected chi connectivity index (χ2v) is 17.5. The van der Waals surface area contributed by atoms with Crippen LogP contribution in [0.1, 0.15) is 162 Å². The van der Waals surface area contributed by atoms with Crippen molar-refractivity contribution < 1.29 is 0 Å². The van der Waals surface area contributed by atoms with Gasteiger partial charge in [-0.25, -0.2) is 0 Å². The molecule has 0 fully saturated rings. The third-order valence-electron chi connectivity index (χ3n) is 14.3. The van der Waals surface area contributed by atoms with E-state index in [-0.39, 0.29) is 16.4 Å². The minimum Gasteiger partial charge on any atom is -0.336 e. The van der Waals surface area contributed by atoms with Gasteiger partial charge in [0.05, 0.1) is 0 Å². The Balaban J connectivity index is 1.43. The summed E-state index contributed by atoms with van der Waals surface area (Å²) in [6.45, 7) is 18.8. The molecule has 56 heavy (non-hydrogen) atoms.